The molecule has 1 aromatic heterocycles. The monoisotopic (exact) mass is 357 g/mol. The van der Waals surface area contributed by atoms with Gasteiger partial charge in [-0.3, -0.25) is 9.69 Å². The van der Waals surface area contributed by atoms with Gasteiger partial charge in [0, 0.05) is 37.0 Å². The molecule has 3 rings (SSSR count). The molecule has 0 spiro atoms. The number of sulfonamides is 1. The Hall–Kier alpha value is -0.960. The molecular formula is C15H23N3O3S2. The van der Waals surface area contributed by atoms with Gasteiger partial charge in [-0.05, 0) is 38.4 Å². The molecule has 1 aromatic rings. The minimum Gasteiger partial charge on any atom is -0.351 e. The van der Waals surface area contributed by atoms with E-state index in [-0.39, 0.29) is 11.9 Å². The van der Waals surface area contributed by atoms with Gasteiger partial charge in [-0.1, -0.05) is 0 Å². The number of amides is 1. The molecule has 2 unspecified atom stereocenters. The summed E-state index contributed by atoms with van der Waals surface area (Å²) in [6, 6.07) is 3.80. The summed E-state index contributed by atoms with van der Waals surface area (Å²) in [5.41, 5.74) is 0. The number of nitrogens with one attached hydrogen (secondary N) is 1. The molecule has 0 saturated carbocycles. The molecule has 3 heterocycles. The van der Waals surface area contributed by atoms with Crippen LogP contribution in [0.25, 0.3) is 0 Å². The van der Waals surface area contributed by atoms with E-state index >= 15 is 0 Å². The minimum atomic E-state index is -3.46. The first kappa shape index (κ1) is 16.9. The maximum absolute atomic E-state index is 13.0. The summed E-state index contributed by atoms with van der Waals surface area (Å²) < 4.78 is 28.0. The van der Waals surface area contributed by atoms with Gasteiger partial charge in [-0.25, -0.2) is 8.42 Å². The maximum Gasteiger partial charge on any atom is 0.252 e. The van der Waals surface area contributed by atoms with Crippen molar-refractivity contribution in [3.8, 4) is 0 Å². The number of carbonyl (C=O) groups is 1. The van der Waals surface area contributed by atoms with Gasteiger partial charge in [0.1, 0.15) is 4.21 Å². The lowest BCUT2D eigenvalue weighted by Crippen LogP contribution is -2.56. The standard InChI is InChI=1S/C15H23N3O3S2/c1-11-9-17-7-3-4-13(17)10-18(11)23(20,21)15-6-5-14(22-15)8-16-12(2)19/h5-6,11,13H,3-4,7-10H2,1-2H3,(H,16,19). The van der Waals surface area contributed by atoms with Crippen LogP contribution in [0.4, 0.5) is 0 Å². The Labute approximate surface area is 141 Å². The number of hydrogen-bond acceptors (Lipinski definition) is 5. The van der Waals surface area contributed by atoms with Gasteiger partial charge in [-0.15, -0.1) is 11.3 Å². The Morgan fingerprint density at radius 3 is 2.91 bits per heavy atom. The van der Waals surface area contributed by atoms with E-state index in [4.69, 9.17) is 0 Å². The average molecular weight is 358 g/mol. The number of fused-ring (bicyclic) bond motifs is 1. The van der Waals surface area contributed by atoms with Crippen LogP contribution in [0.3, 0.4) is 0 Å². The van der Waals surface area contributed by atoms with Crippen molar-refractivity contribution in [2.45, 2.75) is 49.5 Å². The highest BCUT2D eigenvalue weighted by Crippen LogP contribution is 2.31. The lowest BCUT2D eigenvalue weighted by atomic mass is 10.1. The van der Waals surface area contributed by atoms with Crippen molar-refractivity contribution in [3.63, 3.8) is 0 Å². The normalized spacial score (nSPS) is 26.2. The molecule has 128 valence electrons. The third-order valence-corrected chi connectivity index (χ3v) is 8.12. The summed E-state index contributed by atoms with van der Waals surface area (Å²) in [5.74, 6) is -0.117. The van der Waals surface area contributed by atoms with Gasteiger partial charge >= 0.3 is 0 Å². The summed E-state index contributed by atoms with van der Waals surface area (Å²) in [7, 11) is -3.46. The van der Waals surface area contributed by atoms with Crippen molar-refractivity contribution in [3.05, 3.63) is 17.0 Å². The van der Waals surface area contributed by atoms with Crippen LogP contribution in [0.15, 0.2) is 16.3 Å². The van der Waals surface area contributed by atoms with E-state index < -0.39 is 10.0 Å². The molecule has 0 bridgehead atoms. The van der Waals surface area contributed by atoms with E-state index in [9.17, 15) is 13.2 Å². The molecule has 6 nitrogen and oxygen atoms in total. The molecule has 23 heavy (non-hydrogen) atoms. The number of piperazine rings is 1. The summed E-state index contributed by atoms with van der Waals surface area (Å²) in [6.45, 7) is 6.30. The van der Waals surface area contributed by atoms with Crippen molar-refractivity contribution < 1.29 is 13.2 Å². The van der Waals surface area contributed by atoms with Crippen molar-refractivity contribution in [1.29, 1.82) is 0 Å². The Morgan fingerprint density at radius 2 is 2.17 bits per heavy atom. The molecule has 2 aliphatic heterocycles. The predicted molar refractivity (Wildman–Crippen MR) is 89.8 cm³/mol. The Balaban J connectivity index is 1.76. The van der Waals surface area contributed by atoms with Crippen LogP contribution in [0.1, 0.15) is 31.6 Å². The van der Waals surface area contributed by atoms with Gasteiger partial charge in [-0.2, -0.15) is 4.31 Å². The average Bonchev–Trinajstić information content (AvgIpc) is 3.12. The van der Waals surface area contributed by atoms with Gasteiger partial charge in [0.05, 0.1) is 6.54 Å². The molecule has 2 atom stereocenters. The van der Waals surface area contributed by atoms with E-state index in [0.29, 0.717) is 23.3 Å². The molecule has 1 amide bonds. The first-order chi connectivity index (χ1) is 10.9. The zero-order valence-electron chi connectivity index (χ0n) is 13.5. The number of rotatable bonds is 4. The molecule has 0 aromatic carbocycles. The number of thiophene rings is 1. The SMILES string of the molecule is CC(=O)NCc1ccc(S(=O)(=O)N2CC3CCCN3CC2C)s1. The van der Waals surface area contributed by atoms with E-state index in [0.717, 1.165) is 30.8 Å². The summed E-state index contributed by atoms with van der Waals surface area (Å²) in [4.78, 5) is 14.2. The quantitative estimate of drug-likeness (QED) is 0.880. The molecule has 2 aliphatic rings. The Morgan fingerprint density at radius 1 is 1.39 bits per heavy atom. The topological polar surface area (TPSA) is 69.7 Å². The molecular weight excluding hydrogens is 334 g/mol. The second-order valence-corrected chi connectivity index (χ2v) is 9.63. The van der Waals surface area contributed by atoms with Crippen LogP contribution in [0, 0.1) is 0 Å². The summed E-state index contributed by atoms with van der Waals surface area (Å²) >= 11 is 1.24. The second-order valence-electron chi connectivity index (χ2n) is 6.35. The fourth-order valence-corrected chi connectivity index (χ4v) is 6.50. The Bertz CT molecular complexity index is 686. The molecule has 0 radical (unpaired) electrons. The summed E-state index contributed by atoms with van der Waals surface area (Å²) in [6.07, 6.45) is 2.24. The second kappa shape index (κ2) is 6.51. The van der Waals surface area contributed by atoms with Crippen molar-refractivity contribution in [2.24, 2.45) is 0 Å². The first-order valence-corrected chi connectivity index (χ1v) is 10.2. The third-order valence-electron chi connectivity index (χ3n) is 4.59. The molecule has 2 saturated heterocycles. The van der Waals surface area contributed by atoms with Crippen molar-refractivity contribution in [2.75, 3.05) is 19.6 Å². The highest BCUT2D eigenvalue weighted by atomic mass is 32.2. The Kier molecular flexibility index (Phi) is 4.78. The smallest absolute Gasteiger partial charge is 0.252 e. The van der Waals surface area contributed by atoms with Crippen LogP contribution in [-0.4, -0.2) is 55.2 Å². The minimum absolute atomic E-state index is 0.00440. The number of nitrogens with zero attached hydrogens (tertiary/aromatic N) is 2. The van der Waals surface area contributed by atoms with Crippen LogP contribution < -0.4 is 5.32 Å². The molecule has 2 fully saturated rings. The van der Waals surface area contributed by atoms with Crippen LogP contribution in [-0.2, 0) is 21.4 Å². The molecule has 1 N–H and O–H groups in total. The highest BCUT2D eigenvalue weighted by Gasteiger charge is 2.40. The number of hydrogen-bond donors (Lipinski definition) is 1. The fraction of sp³-hybridized carbons (Fsp3) is 0.667. The summed E-state index contributed by atoms with van der Waals surface area (Å²) in [5, 5.41) is 2.70. The lowest BCUT2D eigenvalue weighted by molar-refractivity contribution is -0.119. The van der Waals surface area contributed by atoms with Gasteiger partial charge < -0.3 is 5.32 Å². The van der Waals surface area contributed by atoms with Gasteiger partial charge in [0.15, 0.2) is 0 Å². The van der Waals surface area contributed by atoms with Crippen LogP contribution in [0.5, 0.6) is 0 Å². The molecule has 8 heteroatoms. The highest BCUT2D eigenvalue weighted by molar-refractivity contribution is 7.91. The van der Waals surface area contributed by atoms with Crippen LogP contribution in [0.2, 0.25) is 0 Å². The van der Waals surface area contributed by atoms with Crippen molar-refractivity contribution >= 4 is 27.3 Å². The predicted octanol–water partition coefficient (Wildman–Crippen LogP) is 1.24. The zero-order chi connectivity index (χ0) is 16.6. The van der Waals surface area contributed by atoms with Crippen molar-refractivity contribution in [1.82, 2.24) is 14.5 Å². The number of carbonyl (C=O) groups excluding carboxylic acids is 1. The van der Waals surface area contributed by atoms with Crippen LogP contribution >= 0.6 is 11.3 Å². The van der Waals surface area contributed by atoms with E-state index in [2.05, 4.69) is 10.2 Å². The van der Waals surface area contributed by atoms with E-state index in [1.165, 1.54) is 18.3 Å². The van der Waals surface area contributed by atoms with E-state index in [1.807, 2.05) is 6.92 Å². The van der Waals surface area contributed by atoms with E-state index in [1.54, 1.807) is 16.4 Å². The lowest BCUT2D eigenvalue weighted by Gasteiger charge is -2.41. The maximum atomic E-state index is 13.0. The third kappa shape index (κ3) is 3.45. The zero-order valence-corrected chi connectivity index (χ0v) is 15.1. The van der Waals surface area contributed by atoms with Gasteiger partial charge in [0.25, 0.3) is 10.0 Å². The first-order valence-electron chi connectivity index (χ1n) is 7.97. The van der Waals surface area contributed by atoms with Gasteiger partial charge in [0.2, 0.25) is 5.91 Å². The molecule has 0 aliphatic carbocycles. The fourth-order valence-electron chi connectivity index (χ4n) is 3.41. The largest absolute Gasteiger partial charge is 0.351 e.